The van der Waals surface area contributed by atoms with Gasteiger partial charge in [-0.2, -0.15) is 5.10 Å². The minimum absolute atomic E-state index is 0.416. The molecule has 0 amide bonds. The first kappa shape index (κ1) is 17.0. The SMILES string of the molecule is Cc1c(-c2c(-c3ccccc3)ncn2[C@@H]2CCNC2)cnn1-c1ccccc1. The van der Waals surface area contributed by atoms with Crippen LogP contribution >= 0.6 is 0 Å². The van der Waals surface area contributed by atoms with Crippen LogP contribution in [-0.4, -0.2) is 32.4 Å². The number of para-hydroxylation sites is 1. The molecule has 1 aliphatic rings. The number of aromatic nitrogens is 4. The fourth-order valence-electron chi connectivity index (χ4n) is 4.06. The Morgan fingerprint density at radius 3 is 2.46 bits per heavy atom. The van der Waals surface area contributed by atoms with Crippen LogP contribution in [0.25, 0.3) is 28.2 Å². The third-order valence-electron chi connectivity index (χ3n) is 5.53. The summed E-state index contributed by atoms with van der Waals surface area (Å²) in [4.78, 5) is 4.83. The molecule has 3 heterocycles. The summed E-state index contributed by atoms with van der Waals surface area (Å²) in [5.41, 5.74) is 6.63. The summed E-state index contributed by atoms with van der Waals surface area (Å²) in [7, 11) is 0. The molecular formula is C23H23N5. The zero-order valence-electron chi connectivity index (χ0n) is 15.9. The first-order valence-electron chi connectivity index (χ1n) is 9.76. The summed E-state index contributed by atoms with van der Waals surface area (Å²) in [5, 5.41) is 8.18. The molecule has 1 N–H and O–H groups in total. The molecule has 1 atom stereocenters. The van der Waals surface area contributed by atoms with Gasteiger partial charge in [0.15, 0.2) is 0 Å². The van der Waals surface area contributed by atoms with Gasteiger partial charge in [-0.1, -0.05) is 48.5 Å². The molecule has 1 fully saturated rings. The van der Waals surface area contributed by atoms with Crippen molar-refractivity contribution in [3.8, 4) is 28.2 Å². The van der Waals surface area contributed by atoms with E-state index in [9.17, 15) is 0 Å². The van der Waals surface area contributed by atoms with E-state index in [2.05, 4.69) is 53.2 Å². The fourth-order valence-corrected chi connectivity index (χ4v) is 4.06. The molecule has 5 heteroatoms. The minimum Gasteiger partial charge on any atom is -0.326 e. The highest BCUT2D eigenvalue weighted by atomic mass is 15.3. The van der Waals surface area contributed by atoms with E-state index in [1.807, 2.05) is 41.5 Å². The zero-order valence-corrected chi connectivity index (χ0v) is 15.9. The molecule has 5 rings (SSSR count). The predicted octanol–water partition coefficient (Wildman–Crippen LogP) is 4.25. The van der Waals surface area contributed by atoms with Gasteiger partial charge in [-0.15, -0.1) is 0 Å². The van der Waals surface area contributed by atoms with Crippen LogP contribution in [0.1, 0.15) is 18.2 Å². The highest BCUT2D eigenvalue weighted by molar-refractivity contribution is 5.79. The molecule has 0 aliphatic carbocycles. The monoisotopic (exact) mass is 369 g/mol. The largest absolute Gasteiger partial charge is 0.326 e. The van der Waals surface area contributed by atoms with Gasteiger partial charge in [0, 0.05) is 23.7 Å². The molecule has 2 aromatic heterocycles. The van der Waals surface area contributed by atoms with E-state index >= 15 is 0 Å². The Morgan fingerprint density at radius 1 is 1.00 bits per heavy atom. The standard InChI is InChI=1S/C23H23N5/c1-17-21(15-26-28(17)19-10-6-3-7-11-19)23-22(18-8-4-2-5-9-18)25-16-27(23)20-12-13-24-14-20/h2-11,15-16,20,24H,12-14H2,1H3/t20-/m1/s1. The van der Waals surface area contributed by atoms with Crippen LogP contribution in [0.15, 0.2) is 73.2 Å². The minimum atomic E-state index is 0.416. The van der Waals surface area contributed by atoms with Gasteiger partial charge in [-0.25, -0.2) is 9.67 Å². The van der Waals surface area contributed by atoms with Crippen molar-refractivity contribution in [2.75, 3.05) is 13.1 Å². The average molecular weight is 369 g/mol. The van der Waals surface area contributed by atoms with Crippen molar-refractivity contribution in [3.63, 3.8) is 0 Å². The van der Waals surface area contributed by atoms with Gasteiger partial charge in [-0.3, -0.25) is 0 Å². The van der Waals surface area contributed by atoms with Crippen LogP contribution in [0, 0.1) is 6.92 Å². The second-order valence-corrected chi connectivity index (χ2v) is 7.25. The molecule has 0 spiro atoms. The summed E-state index contributed by atoms with van der Waals surface area (Å²) in [6, 6.07) is 21.1. The van der Waals surface area contributed by atoms with Crippen molar-refractivity contribution >= 4 is 0 Å². The maximum Gasteiger partial charge on any atom is 0.0964 e. The van der Waals surface area contributed by atoms with Crippen LogP contribution in [0.3, 0.4) is 0 Å². The van der Waals surface area contributed by atoms with E-state index in [1.165, 1.54) is 0 Å². The molecule has 140 valence electrons. The Labute approximate surface area is 164 Å². The molecule has 1 aliphatic heterocycles. The Morgan fingerprint density at radius 2 is 1.75 bits per heavy atom. The lowest BCUT2D eigenvalue weighted by atomic mass is 10.0. The third kappa shape index (κ3) is 2.84. The Hall–Kier alpha value is -3.18. The van der Waals surface area contributed by atoms with Gasteiger partial charge in [0.2, 0.25) is 0 Å². The molecule has 4 aromatic rings. The van der Waals surface area contributed by atoms with Crippen molar-refractivity contribution < 1.29 is 0 Å². The summed E-state index contributed by atoms with van der Waals surface area (Å²) in [6.45, 7) is 4.16. The van der Waals surface area contributed by atoms with Crippen molar-refractivity contribution in [3.05, 3.63) is 78.9 Å². The second-order valence-electron chi connectivity index (χ2n) is 7.25. The van der Waals surface area contributed by atoms with E-state index in [0.717, 1.165) is 53.4 Å². The number of nitrogens with zero attached hydrogens (tertiary/aromatic N) is 4. The number of imidazole rings is 1. The van der Waals surface area contributed by atoms with Gasteiger partial charge in [0.05, 0.1) is 35.3 Å². The maximum absolute atomic E-state index is 4.83. The zero-order chi connectivity index (χ0) is 18.9. The van der Waals surface area contributed by atoms with Crippen LogP contribution < -0.4 is 5.32 Å². The number of hydrogen-bond donors (Lipinski definition) is 1. The predicted molar refractivity (Wildman–Crippen MR) is 111 cm³/mol. The summed E-state index contributed by atoms with van der Waals surface area (Å²) in [5.74, 6) is 0. The summed E-state index contributed by atoms with van der Waals surface area (Å²) < 4.78 is 4.34. The number of rotatable bonds is 4. The van der Waals surface area contributed by atoms with Gasteiger partial charge >= 0.3 is 0 Å². The quantitative estimate of drug-likeness (QED) is 0.585. The summed E-state index contributed by atoms with van der Waals surface area (Å²) >= 11 is 0. The normalized spacial score (nSPS) is 16.5. The highest BCUT2D eigenvalue weighted by Gasteiger charge is 2.25. The maximum atomic E-state index is 4.83. The highest BCUT2D eigenvalue weighted by Crippen LogP contribution is 2.36. The smallest absolute Gasteiger partial charge is 0.0964 e. The topological polar surface area (TPSA) is 47.7 Å². The molecule has 28 heavy (non-hydrogen) atoms. The van der Waals surface area contributed by atoms with Gasteiger partial charge in [0.25, 0.3) is 0 Å². The van der Waals surface area contributed by atoms with Crippen molar-refractivity contribution in [1.82, 2.24) is 24.6 Å². The van der Waals surface area contributed by atoms with E-state index in [4.69, 9.17) is 10.1 Å². The first-order valence-corrected chi connectivity index (χ1v) is 9.76. The Kier molecular flexibility index (Phi) is 4.29. The van der Waals surface area contributed by atoms with E-state index in [1.54, 1.807) is 0 Å². The molecule has 2 aromatic carbocycles. The van der Waals surface area contributed by atoms with Crippen LogP contribution in [0.2, 0.25) is 0 Å². The van der Waals surface area contributed by atoms with Crippen LogP contribution in [0.5, 0.6) is 0 Å². The molecule has 0 saturated carbocycles. The van der Waals surface area contributed by atoms with Crippen LogP contribution in [0.4, 0.5) is 0 Å². The van der Waals surface area contributed by atoms with Crippen molar-refractivity contribution in [2.24, 2.45) is 0 Å². The average Bonchev–Trinajstić information content (AvgIpc) is 3.48. The Bertz CT molecular complexity index is 1070. The van der Waals surface area contributed by atoms with Crippen LogP contribution in [-0.2, 0) is 0 Å². The lowest BCUT2D eigenvalue weighted by Gasteiger charge is -2.16. The van der Waals surface area contributed by atoms with E-state index in [0.29, 0.717) is 6.04 Å². The fraction of sp³-hybridized carbons (Fsp3) is 0.217. The second kappa shape index (κ2) is 7.09. The van der Waals surface area contributed by atoms with Gasteiger partial charge in [-0.05, 0) is 32.0 Å². The molecule has 0 radical (unpaired) electrons. The molecule has 1 saturated heterocycles. The summed E-state index contributed by atoms with van der Waals surface area (Å²) in [6.07, 6.45) is 5.09. The van der Waals surface area contributed by atoms with E-state index in [-0.39, 0.29) is 0 Å². The number of nitrogens with one attached hydrogen (secondary N) is 1. The molecule has 0 bridgehead atoms. The first-order chi connectivity index (χ1) is 13.8. The number of benzene rings is 2. The lowest BCUT2D eigenvalue weighted by molar-refractivity contribution is 0.551. The lowest BCUT2D eigenvalue weighted by Crippen LogP contribution is -2.13. The molecule has 5 nitrogen and oxygen atoms in total. The molecule has 0 unspecified atom stereocenters. The van der Waals surface area contributed by atoms with Gasteiger partial charge in [0.1, 0.15) is 0 Å². The van der Waals surface area contributed by atoms with Crippen molar-refractivity contribution in [2.45, 2.75) is 19.4 Å². The van der Waals surface area contributed by atoms with Gasteiger partial charge < -0.3 is 9.88 Å². The molecular weight excluding hydrogens is 346 g/mol. The number of hydrogen-bond acceptors (Lipinski definition) is 3. The van der Waals surface area contributed by atoms with Crippen molar-refractivity contribution in [1.29, 1.82) is 0 Å². The Balaban J connectivity index is 1.69. The van der Waals surface area contributed by atoms with E-state index < -0.39 is 0 Å². The third-order valence-corrected chi connectivity index (χ3v) is 5.53.